The number of alkyl halides is 3. The molecule has 1 aromatic heterocycles. The van der Waals surface area contributed by atoms with Crippen LogP contribution in [0.1, 0.15) is 48.5 Å². The van der Waals surface area contributed by atoms with Crippen LogP contribution in [0.25, 0.3) is 10.9 Å². The van der Waals surface area contributed by atoms with Crippen molar-refractivity contribution < 1.29 is 18.0 Å². The van der Waals surface area contributed by atoms with Gasteiger partial charge in [-0.1, -0.05) is 36.4 Å². The lowest BCUT2D eigenvalue weighted by atomic mass is 9.93. The Labute approximate surface area is 173 Å². The number of likely N-dealkylation sites (tertiary alicyclic amines) is 1. The third-order valence-corrected chi connectivity index (χ3v) is 5.85. The Balaban J connectivity index is 1.38. The summed E-state index contributed by atoms with van der Waals surface area (Å²) in [6, 6.07) is 14.6. The molecule has 2 N–H and O–H groups in total. The van der Waals surface area contributed by atoms with E-state index in [0.29, 0.717) is 19.0 Å². The summed E-state index contributed by atoms with van der Waals surface area (Å²) in [7, 11) is 0. The molecule has 7 heteroatoms. The Morgan fingerprint density at radius 2 is 1.77 bits per heavy atom. The zero-order valence-electron chi connectivity index (χ0n) is 16.7. The van der Waals surface area contributed by atoms with Crippen molar-refractivity contribution in [3.05, 3.63) is 71.4 Å². The minimum atomic E-state index is -4.45. The van der Waals surface area contributed by atoms with Gasteiger partial charge < -0.3 is 15.2 Å². The van der Waals surface area contributed by atoms with Gasteiger partial charge in [0.1, 0.15) is 0 Å². The van der Waals surface area contributed by atoms with Gasteiger partial charge in [-0.2, -0.15) is 13.2 Å². The number of aromatic nitrogens is 1. The van der Waals surface area contributed by atoms with Crippen molar-refractivity contribution in [3.8, 4) is 0 Å². The third kappa shape index (κ3) is 4.15. The summed E-state index contributed by atoms with van der Waals surface area (Å²) in [6.07, 6.45) is -2.82. The van der Waals surface area contributed by atoms with E-state index in [2.05, 4.69) is 22.4 Å². The predicted octanol–water partition coefficient (Wildman–Crippen LogP) is 5.84. The average Bonchev–Trinajstić information content (AvgIpc) is 3.17. The molecule has 0 saturated carbocycles. The molecule has 0 aliphatic carbocycles. The maximum Gasteiger partial charge on any atom is 0.416 e. The smallest absolute Gasteiger partial charge is 0.358 e. The molecule has 1 unspecified atom stereocenters. The van der Waals surface area contributed by atoms with Crippen LogP contribution in [0, 0.1) is 0 Å². The van der Waals surface area contributed by atoms with Gasteiger partial charge in [0.25, 0.3) is 0 Å². The van der Waals surface area contributed by atoms with Gasteiger partial charge in [0.05, 0.1) is 11.6 Å². The van der Waals surface area contributed by atoms with Gasteiger partial charge in [-0.15, -0.1) is 0 Å². The number of carbonyl (C=O) groups excluding carboxylic acids is 1. The van der Waals surface area contributed by atoms with E-state index in [4.69, 9.17) is 0 Å². The highest BCUT2D eigenvalue weighted by Crippen LogP contribution is 2.35. The van der Waals surface area contributed by atoms with Crippen LogP contribution in [0.3, 0.4) is 0 Å². The number of amides is 2. The Morgan fingerprint density at radius 1 is 1.10 bits per heavy atom. The number of H-pyrrole nitrogens is 1. The highest BCUT2D eigenvalue weighted by Gasteiger charge is 2.35. The molecule has 4 rings (SSSR count). The van der Waals surface area contributed by atoms with E-state index in [1.165, 1.54) is 23.2 Å². The summed E-state index contributed by atoms with van der Waals surface area (Å²) in [4.78, 5) is 17.8. The number of nitrogens with zero attached hydrogens (tertiary/aromatic N) is 1. The number of carbonyl (C=O) groups is 1. The molecule has 0 spiro atoms. The van der Waals surface area contributed by atoms with E-state index in [-0.39, 0.29) is 11.6 Å². The average molecular weight is 415 g/mol. The molecule has 158 valence electrons. The van der Waals surface area contributed by atoms with E-state index in [1.54, 1.807) is 17.9 Å². The van der Waals surface area contributed by atoms with E-state index in [0.717, 1.165) is 24.4 Å². The first-order valence-corrected chi connectivity index (χ1v) is 10.1. The molecule has 0 radical (unpaired) electrons. The Morgan fingerprint density at radius 3 is 2.47 bits per heavy atom. The van der Waals surface area contributed by atoms with Gasteiger partial charge in [0.2, 0.25) is 0 Å². The zero-order valence-corrected chi connectivity index (χ0v) is 16.7. The number of aromatic amines is 1. The summed E-state index contributed by atoms with van der Waals surface area (Å²) in [5, 5.41) is 3.90. The number of nitrogens with one attached hydrogen (secondary N) is 2. The molecular weight excluding hydrogens is 391 g/mol. The normalized spacial score (nSPS) is 16.6. The second-order valence-electron chi connectivity index (χ2n) is 7.83. The Bertz CT molecular complexity index is 1000. The Hall–Kier alpha value is -2.96. The maximum absolute atomic E-state index is 13.3. The lowest BCUT2D eigenvalue weighted by molar-refractivity contribution is -0.138. The van der Waals surface area contributed by atoms with Gasteiger partial charge in [-0.3, -0.25) is 0 Å². The SMILES string of the molecule is CC(NC(=O)N1CCC(c2cc3ccccc3[nH]2)CC1)c1ccccc1C(F)(F)F. The minimum absolute atomic E-state index is 0.0753. The van der Waals surface area contributed by atoms with Crippen LogP contribution in [-0.2, 0) is 6.18 Å². The van der Waals surface area contributed by atoms with Crippen LogP contribution in [-0.4, -0.2) is 29.0 Å². The van der Waals surface area contributed by atoms with Crippen molar-refractivity contribution in [2.45, 2.75) is 37.9 Å². The fourth-order valence-electron chi connectivity index (χ4n) is 4.20. The molecule has 2 heterocycles. The van der Waals surface area contributed by atoms with Crippen LogP contribution < -0.4 is 5.32 Å². The number of urea groups is 1. The summed E-state index contributed by atoms with van der Waals surface area (Å²) < 4.78 is 39.8. The molecule has 1 fully saturated rings. The molecule has 1 atom stereocenters. The molecule has 3 aromatic rings. The quantitative estimate of drug-likeness (QED) is 0.555. The number of hydrogen-bond donors (Lipinski definition) is 2. The van der Waals surface area contributed by atoms with Gasteiger partial charge >= 0.3 is 12.2 Å². The summed E-state index contributed by atoms with van der Waals surface area (Å²) in [6.45, 7) is 2.72. The number of halogens is 3. The maximum atomic E-state index is 13.3. The molecule has 2 amide bonds. The monoisotopic (exact) mass is 415 g/mol. The second kappa shape index (κ2) is 8.05. The van der Waals surface area contributed by atoms with Crippen molar-refractivity contribution in [2.75, 3.05) is 13.1 Å². The van der Waals surface area contributed by atoms with Gasteiger partial charge in [0, 0.05) is 30.2 Å². The fraction of sp³-hybridized carbons (Fsp3) is 0.348. The highest BCUT2D eigenvalue weighted by molar-refractivity contribution is 5.80. The fourth-order valence-corrected chi connectivity index (χ4v) is 4.20. The molecule has 1 saturated heterocycles. The van der Waals surface area contributed by atoms with E-state index < -0.39 is 17.8 Å². The van der Waals surface area contributed by atoms with Gasteiger partial charge in [-0.05, 0) is 48.9 Å². The molecule has 0 bridgehead atoms. The van der Waals surface area contributed by atoms with Crippen LogP contribution >= 0.6 is 0 Å². The molecule has 2 aromatic carbocycles. The van der Waals surface area contributed by atoms with Crippen LogP contribution in [0.15, 0.2) is 54.6 Å². The summed E-state index contributed by atoms with van der Waals surface area (Å²) in [5.74, 6) is 0.338. The number of hydrogen-bond acceptors (Lipinski definition) is 1. The molecule has 1 aliphatic heterocycles. The topological polar surface area (TPSA) is 48.1 Å². The van der Waals surface area contributed by atoms with Crippen LogP contribution in [0.2, 0.25) is 0 Å². The largest absolute Gasteiger partial charge is 0.416 e. The summed E-state index contributed by atoms with van der Waals surface area (Å²) >= 11 is 0. The summed E-state index contributed by atoms with van der Waals surface area (Å²) in [5.41, 5.74) is 1.63. The zero-order chi connectivity index (χ0) is 21.3. The number of para-hydroxylation sites is 1. The van der Waals surface area contributed by atoms with E-state index >= 15 is 0 Å². The van der Waals surface area contributed by atoms with Crippen LogP contribution in [0.4, 0.5) is 18.0 Å². The standard InChI is InChI=1S/C23H24F3N3O/c1-15(18-7-3-4-8-19(18)23(24,25)26)27-22(30)29-12-10-16(11-13-29)21-14-17-6-2-5-9-20(17)28-21/h2-9,14-16,28H,10-13H2,1H3,(H,27,30). The first-order valence-electron chi connectivity index (χ1n) is 10.1. The lowest BCUT2D eigenvalue weighted by Crippen LogP contribution is -2.45. The first-order chi connectivity index (χ1) is 14.3. The van der Waals surface area contributed by atoms with Crippen molar-refractivity contribution in [1.29, 1.82) is 0 Å². The van der Waals surface area contributed by atoms with Crippen LogP contribution in [0.5, 0.6) is 0 Å². The highest BCUT2D eigenvalue weighted by atomic mass is 19.4. The lowest BCUT2D eigenvalue weighted by Gasteiger charge is -2.33. The van der Waals surface area contributed by atoms with Gasteiger partial charge in [0.15, 0.2) is 0 Å². The van der Waals surface area contributed by atoms with Gasteiger partial charge in [-0.25, -0.2) is 4.79 Å². The Kier molecular flexibility index (Phi) is 5.45. The van der Waals surface area contributed by atoms with Crippen molar-refractivity contribution in [2.24, 2.45) is 0 Å². The molecule has 30 heavy (non-hydrogen) atoms. The number of piperidine rings is 1. The minimum Gasteiger partial charge on any atom is -0.358 e. The second-order valence-corrected chi connectivity index (χ2v) is 7.83. The van der Waals surface area contributed by atoms with Crippen molar-refractivity contribution in [1.82, 2.24) is 15.2 Å². The third-order valence-electron chi connectivity index (χ3n) is 5.85. The number of benzene rings is 2. The first kappa shape index (κ1) is 20.3. The van der Waals surface area contributed by atoms with E-state index in [9.17, 15) is 18.0 Å². The number of rotatable bonds is 3. The molecular formula is C23H24F3N3O. The van der Waals surface area contributed by atoms with Crippen molar-refractivity contribution in [3.63, 3.8) is 0 Å². The predicted molar refractivity (Wildman–Crippen MR) is 110 cm³/mol. The number of fused-ring (bicyclic) bond motifs is 1. The van der Waals surface area contributed by atoms with Crippen molar-refractivity contribution >= 4 is 16.9 Å². The molecule has 1 aliphatic rings. The molecule has 4 nitrogen and oxygen atoms in total. The van der Waals surface area contributed by atoms with E-state index in [1.807, 2.05) is 18.2 Å².